The van der Waals surface area contributed by atoms with Crippen molar-refractivity contribution in [2.24, 2.45) is 16.8 Å². The van der Waals surface area contributed by atoms with Gasteiger partial charge in [-0.15, -0.1) is 0 Å². The number of urea groups is 1. The highest BCUT2D eigenvalue weighted by Crippen LogP contribution is 2.30. The first-order valence-corrected chi connectivity index (χ1v) is 10.2. The maximum absolute atomic E-state index is 12.6. The van der Waals surface area contributed by atoms with Gasteiger partial charge in [-0.3, -0.25) is 4.99 Å². The number of carbonyl (C=O) groups excluding carboxylic acids is 1. The molecule has 0 bridgehead atoms. The third-order valence-corrected chi connectivity index (χ3v) is 5.69. The highest BCUT2D eigenvalue weighted by molar-refractivity contribution is 6.46. The Morgan fingerprint density at radius 2 is 1.94 bits per heavy atom. The average Bonchev–Trinajstić information content (AvgIpc) is 2.75. The minimum Gasteiger partial charge on any atom is -0.396 e. The van der Waals surface area contributed by atoms with Gasteiger partial charge in [0.05, 0.1) is 16.3 Å². The number of hydrogen-bond acceptors (Lipinski definition) is 4. The molecule has 3 rings (SSSR count). The maximum atomic E-state index is 12.6. The lowest BCUT2D eigenvalue weighted by Crippen LogP contribution is -2.39. The molecule has 0 fully saturated rings. The Kier molecular flexibility index (Phi) is 7.40. The average molecular weight is 458 g/mol. The van der Waals surface area contributed by atoms with E-state index in [2.05, 4.69) is 10.3 Å². The van der Waals surface area contributed by atoms with Crippen LogP contribution in [0.4, 0.5) is 23.7 Å². The molecule has 0 radical (unpaired) electrons. The van der Waals surface area contributed by atoms with Crippen molar-refractivity contribution in [3.8, 4) is 0 Å². The maximum Gasteiger partial charge on any atom is 0.416 e. The van der Waals surface area contributed by atoms with E-state index in [4.69, 9.17) is 11.6 Å². The molecule has 0 spiro atoms. The summed E-state index contributed by atoms with van der Waals surface area (Å²) in [5.74, 6) is -0.453. The molecule has 1 aromatic carbocycles. The Balaban J connectivity index is 1.59. The Bertz CT molecular complexity index is 893. The van der Waals surface area contributed by atoms with Gasteiger partial charge in [-0.1, -0.05) is 23.8 Å². The molecule has 0 saturated heterocycles. The summed E-state index contributed by atoms with van der Waals surface area (Å²) >= 11 is 6.37. The quantitative estimate of drug-likeness (QED) is 0.630. The van der Waals surface area contributed by atoms with Gasteiger partial charge in [0.25, 0.3) is 0 Å². The van der Waals surface area contributed by atoms with Crippen molar-refractivity contribution in [1.29, 1.82) is 0 Å². The van der Waals surface area contributed by atoms with Crippen molar-refractivity contribution in [3.63, 3.8) is 0 Å². The Morgan fingerprint density at radius 1 is 1.26 bits per heavy atom. The van der Waals surface area contributed by atoms with Crippen LogP contribution in [0.2, 0.25) is 0 Å². The monoisotopic (exact) mass is 457 g/mol. The molecule has 168 valence electrons. The topological polar surface area (TPSA) is 85.2 Å². The number of alkyl halides is 3. The van der Waals surface area contributed by atoms with E-state index in [0.717, 1.165) is 17.7 Å². The number of aliphatic hydroxyl groups excluding tert-OH is 2. The van der Waals surface area contributed by atoms with E-state index in [0.29, 0.717) is 36.8 Å². The van der Waals surface area contributed by atoms with Crippen LogP contribution in [0.5, 0.6) is 0 Å². The summed E-state index contributed by atoms with van der Waals surface area (Å²) < 4.78 is 37.9. The smallest absolute Gasteiger partial charge is 0.396 e. The van der Waals surface area contributed by atoms with Crippen LogP contribution >= 0.6 is 11.6 Å². The highest BCUT2D eigenvalue weighted by atomic mass is 35.5. The number of aliphatic hydroxyl groups is 2. The molecule has 10 heteroatoms. The second kappa shape index (κ2) is 9.84. The molecule has 6 nitrogen and oxygen atoms in total. The van der Waals surface area contributed by atoms with Gasteiger partial charge in [-0.05, 0) is 36.3 Å². The summed E-state index contributed by atoms with van der Waals surface area (Å²) in [7, 11) is 0. The number of nitrogens with zero attached hydrogens (tertiary/aromatic N) is 2. The number of halogens is 4. The third kappa shape index (κ3) is 5.66. The van der Waals surface area contributed by atoms with Crippen molar-refractivity contribution in [2.75, 3.05) is 38.2 Å². The summed E-state index contributed by atoms with van der Waals surface area (Å²) in [5, 5.41) is 21.7. The first-order chi connectivity index (χ1) is 14.7. The van der Waals surface area contributed by atoms with Crippen LogP contribution in [-0.4, -0.2) is 59.7 Å². The second-order valence-corrected chi connectivity index (χ2v) is 7.83. The van der Waals surface area contributed by atoms with Crippen molar-refractivity contribution < 1.29 is 28.2 Å². The molecule has 0 saturated carbocycles. The van der Waals surface area contributed by atoms with Crippen LogP contribution in [0.3, 0.4) is 0 Å². The number of carbonyl (C=O) groups is 1. The molecule has 2 aliphatic heterocycles. The lowest BCUT2D eigenvalue weighted by Gasteiger charge is -2.29. The number of benzene rings is 1. The van der Waals surface area contributed by atoms with E-state index in [1.165, 1.54) is 12.1 Å². The fourth-order valence-electron chi connectivity index (χ4n) is 3.47. The van der Waals surface area contributed by atoms with Gasteiger partial charge in [0.1, 0.15) is 0 Å². The van der Waals surface area contributed by atoms with Gasteiger partial charge >= 0.3 is 12.2 Å². The summed E-state index contributed by atoms with van der Waals surface area (Å²) in [5.41, 5.74) is 1.06. The van der Waals surface area contributed by atoms with E-state index < -0.39 is 17.8 Å². The predicted molar refractivity (Wildman–Crippen MR) is 112 cm³/mol. The zero-order valence-corrected chi connectivity index (χ0v) is 17.3. The lowest BCUT2D eigenvalue weighted by atomic mass is 9.89. The zero-order chi connectivity index (χ0) is 22.6. The number of aliphatic imine (C=N–C) groups is 1. The minimum atomic E-state index is -4.43. The fourth-order valence-corrected chi connectivity index (χ4v) is 3.82. The standard InChI is InChI=1S/C21H23ClF3N3O3/c22-18-9-14(15(11-29)12-30)10-26-19(18)13-5-7-28(8-6-13)20(31)27-17-3-1-16(2-4-17)21(23,24)25/h1-5,9,14-15,29-30H,6-8,10-12H2,(H,27,31). The van der Waals surface area contributed by atoms with Gasteiger partial charge in [0.15, 0.2) is 0 Å². The van der Waals surface area contributed by atoms with Gasteiger partial charge in [-0.25, -0.2) is 4.79 Å². The molecule has 0 aromatic heterocycles. The molecular weight excluding hydrogens is 435 g/mol. The molecule has 1 atom stereocenters. The van der Waals surface area contributed by atoms with Crippen LogP contribution in [0.15, 0.2) is 52.0 Å². The van der Waals surface area contributed by atoms with E-state index in [1.807, 2.05) is 6.08 Å². The number of amides is 2. The summed E-state index contributed by atoms with van der Waals surface area (Å²) in [4.78, 5) is 18.5. The van der Waals surface area contributed by atoms with E-state index in [1.54, 1.807) is 11.0 Å². The predicted octanol–water partition coefficient (Wildman–Crippen LogP) is 3.66. The van der Waals surface area contributed by atoms with Crippen molar-refractivity contribution >= 4 is 29.0 Å². The van der Waals surface area contributed by atoms with E-state index in [-0.39, 0.29) is 30.7 Å². The lowest BCUT2D eigenvalue weighted by molar-refractivity contribution is -0.137. The second-order valence-electron chi connectivity index (χ2n) is 7.42. The van der Waals surface area contributed by atoms with Gasteiger partial charge in [-0.2, -0.15) is 13.2 Å². The van der Waals surface area contributed by atoms with E-state index in [9.17, 15) is 28.2 Å². The van der Waals surface area contributed by atoms with Crippen molar-refractivity contribution in [2.45, 2.75) is 12.6 Å². The van der Waals surface area contributed by atoms with Crippen LogP contribution in [-0.2, 0) is 6.18 Å². The Hall–Kier alpha value is -2.36. The largest absolute Gasteiger partial charge is 0.416 e. The van der Waals surface area contributed by atoms with Crippen LogP contribution in [0.1, 0.15) is 12.0 Å². The molecule has 2 heterocycles. The van der Waals surface area contributed by atoms with Gasteiger partial charge in [0.2, 0.25) is 0 Å². The van der Waals surface area contributed by atoms with Crippen LogP contribution in [0.25, 0.3) is 0 Å². The van der Waals surface area contributed by atoms with Gasteiger partial charge < -0.3 is 20.4 Å². The third-order valence-electron chi connectivity index (χ3n) is 5.39. The number of dihydropyridines is 1. The molecule has 2 amide bonds. The number of rotatable bonds is 5. The summed E-state index contributed by atoms with van der Waals surface area (Å²) in [6.07, 6.45) is -0.255. The number of hydrogen-bond donors (Lipinski definition) is 3. The first kappa shape index (κ1) is 23.3. The highest BCUT2D eigenvalue weighted by Gasteiger charge is 2.30. The molecule has 3 N–H and O–H groups in total. The zero-order valence-electron chi connectivity index (χ0n) is 16.6. The Labute approximate surface area is 182 Å². The minimum absolute atomic E-state index is 0.138. The molecule has 1 aromatic rings. The molecule has 1 unspecified atom stereocenters. The van der Waals surface area contributed by atoms with Crippen LogP contribution in [0, 0.1) is 11.8 Å². The van der Waals surface area contributed by atoms with E-state index >= 15 is 0 Å². The summed E-state index contributed by atoms with van der Waals surface area (Å²) in [6.45, 7) is 0.814. The van der Waals surface area contributed by atoms with Crippen molar-refractivity contribution in [1.82, 2.24) is 4.90 Å². The molecular formula is C21H23ClF3N3O3. The fraction of sp³-hybridized carbons (Fsp3) is 0.429. The Morgan fingerprint density at radius 3 is 2.45 bits per heavy atom. The molecule has 2 aliphatic rings. The van der Waals surface area contributed by atoms with Crippen LogP contribution < -0.4 is 5.32 Å². The summed E-state index contributed by atoms with van der Waals surface area (Å²) in [6, 6.07) is 3.87. The normalized spacial score (nSPS) is 19.6. The molecule has 0 aliphatic carbocycles. The molecule has 31 heavy (non-hydrogen) atoms. The number of nitrogens with one attached hydrogen (secondary N) is 1. The van der Waals surface area contributed by atoms with Crippen molar-refractivity contribution in [3.05, 3.63) is 52.6 Å². The SMILES string of the molecule is O=C(Nc1ccc(C(F)(F)F)cc1)N1CC=C(C2=NCC(C(CO)CO)C=C2Cl)CC1. The number of allylic oxidation sites excluding steroid dienone is 1. The number of anilines is 1. The first-order valence-electron chi connectivity index (χ1n) is 9.79. The van der Waals surface area contributed by atoms with Gasteiger partial charge in [0, 0.05) is 50.4 Å².